The Balaban J connectivity index is 1.41. The zero-order valence-corrected chi connectivity index (χ0v) is 17.6. The molecule has 2 aromatic carbocycles. The number of hydrogen-bond donors (Lipinski definition) is 2. The molecular formula is C23H22ClN5O2. The molecule has 1 atom stereocenters. The minimum absolute atomic E-state index is 0.0423. The number of carbonyl (C=O) groups excluding carboxylic acids is 2. The Kier molecular flexibility index (Phi) is 6.13. The second-order valence-corrected chi connectivity index (χ2v) is 7.84. The highest BCUT2D eigenvalue weighted by Gasteiger charge is 2.25. The smallest absolute Gasteiger partial charge is 0.253 e. The van der Waals surface area contributed by atoms with E-state index in [0.717, 1.165) is 23.7 Å². The molecule has 2 heterocycles. The highest BCUT2D eigenvalue weighted by atomic mass is 35.5. The molecule has 1 fully saturated rings. The van der Waals surface area contributed by atoms with Crippen LogP contribution in [0.3, 0.4) is 0 Å². The topological polar surface area (TPSA) is 87.2 Å². The molecule has 1 aromatic heterocycles. The monoisotopic (exact) mass is 435 g/mol. The van der Waals surface area contributed by atoms with Gasteiger partial charge in [0.1, 0.15) is 0 Å². The van der Waals surface area contributed by atoms with Gasteiger partial charge < -0.3 is 15.5 Å². The fourth-order valence-electron chi connectivity index (χ4n) is 3.60. The minimum atomic E-state index is -0.290. The lowest BCUT2D eigenvalue weighted by molar-refractivity contribution is -0.111. The molecule has 4 rings (SSSR count). The molecule has 0 radical (unpaired) electrons. The summed E-state index contributed by atoms with van der Waals surface area (Å²) < 4.78 is 0. The molecule has 2 N–H and O–H groups in total. The fourth-order valence-corrected chi connectivity index (χ4v) is 3.77. The predicted molar refractivity (Wildman–Crippen MR) is 122 cm³/mol. The van der Waals surface area contributed by atoms with Gasteiger partial charge in [-0.2, -0.15) is 0 Å². The molecule has 1 saturated heterocycles. The first-order valence-electron chi connectivity index (χ1n) is 10.0. The van der Waals surface area contributed by atoms with Crippen molar-refractivity contribution < 1.29 is 9.59 Å². The van der Waals surface area contributed by atoms with Gasteiger partial charge in [0.2, 0.25) is 11.9 Å². The van der Waals surface area contributed by atoms with Gasteiger partial charge in [-0.15, -0.1) is 0 Å². The lowest BCUT2D eigenvalue weighted by atomic mass is 10.0. The summed E-state index contributed by atoms with van der Waals surface area (Å²) in [7, 11) is 0. The van der Waals surface area contributed by atoms with E-state index in [2.05, 4.69) is 27.2 Å². The van der Waals surface area contributed by atoms with E-state index < -0.39 is 0 Å². The minimum Gasteiger partial charge on any atom is -0.350 e. The second-order valence-electron chi connectivity index (χ2n) is 7.40. The van der Waals surface area contributed by atoms with E-state index in [1.54, 1.807) is 30.5 Å². The molecule has 0 saturated carbocycles. The number of aromatic nitrogens is 2. The van der Waals surface area contributed by atoms with Crippen molar-refractivity contribution in [1.82, 2.24) is 14.9 Å². The molecule has 0 unspecified atom stereocenters. The number of piperidine rings is 1. The van der Waals surface area contributed by atoms with Crippen molar-refractivity contribution in [3.63, 3.8) is 0 Å². The van der Waals surface area contributed by atoms with Gasteiger partial charge in [0, 0.05) is 47.0 Å². The SMILES string of the molecule is C=CC(=O)Nc1ccc(C(=O)N2CCC[C@@H](Nc3ncc4ccc(Cl)cc4n3)C2)cc1. The number of rotatable bonds is 5. The van der Waals surface area contributed by atoms with Crippen LogP contribution in [0.15, 0.2) is 61.3 Å². The summed E-state index contributed by atoms with van der Waals surface area (Å²) in [6.07, 6.45) is 4.77. The van der Waals surface area contributed by atoms with Crippen LogP contribution in [0.25, 0.3) is 10.9 Å². The van der Waals surface area contributed by atoms with E-state index in [0.29, 0.717) is 35.3 Å². The van der Waals surface area contributed by atoms with Crippen LogP contribution in [0.1, 0.15) is 23.2 Å². The predicted octanol–water partition coefficient (Wildman–Crippen LogP) is 4.12. The lowest BCUT2D eigenvalue weighted by Gasteiger charge is -2.33. The largest absolute Gasteiger partial charge is 0.350 e. The van der Waals surface area contributed by atoms with E-state index in [-0.39, 0.29) is 17.9 Å². The highest BCUT2D eigenvalue weighted by molar-refractivity contribution is 6.31. The van der Waals surface area contributed by atoms with E-state index in [1.807, 2.05) is 23.1 Å². The number of anilines is 2. The Bertz CT molecular complexity index is 1130. The molecule has 0 bridgehead atoms. The van der Waals surface area contributed by atoms with E-state index in [1.165, 1.54) is 6.08 Å². The third-order valence-corrected chi connectivity index (χ3v) is 5.41. The second kappa shape index (κ2) is 9.14. The molecule has 8 heteroatoms. The standard InChI is InChI=1S/C23H22ClN5O2/c1-2-21(30)26-18-9-6-15(7-10-18)22(31)29-11-3-4-19(14-29)27-23-25-13-16-5-8-17(24)12-20(16)28-23/h2,5-10,12-13,19H,1,3-4,11,14H2,(H,26,30)(H,25,27,28)/t19-/m1/s1. The summed E-state index contributed by atoms with van der Waals surface area (Å²) >= 11 is 6.07. The first-order chi connectivity index (χ1) is 15.0. The average Bonchev–Trinajstić information content (AvgIpc) is 2.79. The van der Waals surface area contributed by atoms with Crippen LogP contribution in [0.5, 0.6) is 0 Å². The summed E-state index contributed by atoms with van der Waals surface area (Å²) in [4.78, 5) is 35.1. The number of nitrogens with zero attached hydrogens (tertiary/aromatic N) is 3. The molecule has 1 aliphatic heterocycles. The van der Waals surface area contributed by atoms with Gasteiger partial charge in [0.15, 0.2) is 0 Å². The number of amides is 2. The zero-order valence-electron chi connectivity index (χ0n) is 16.8. The van der Waals surface area contributed by atoms with Crippen molar-refractivity contribution in [3.8, 4) is 0 Å². The van der Waals surface area contributed by atoms with Crippen molar-refractivity contribution in [1.29, 1.82) is 0 Å². The summed E-state index contributed by atoms with van der Waals surface area (Å²) in [5, 5.41) is 7.57. The van der Waals surface area contributed by atoms with Gasteiger partial charge in [-0.3, -0.25) is 9.59 Å². The molecule has 2 amide bonds. The number of benzene rings is 2. The normalized spacial score (nSPS) is 16.0. The van der Waals surface area contributed by atoms with Gasteiger partial charge in [0.25, 0.3) is 5.91 Å². The van der Waals surface area contributed by atoms with Gasteiger partial charge >= 0.3 is 0 Å². The molecule has 0 aliphatic carbocycles. The summed E-state index contributed by atoms with van der Waals surface area (Å²) in [6.45, 7) is 4.68. The highest BCUT2D eigenvalue weighted by Crippen LogP contribution is 2.21. The third kappa shape index (κ3) is 5.00. The van der Waals surface area contributed by atoms with Crippen LogP contribution >= 0.6 is 11.6 Å². The van der Waals surface area contributed by atoms with Crippen LogP contribution < -0.4 is 10.6 Å². The first kappa shape index (κ1) is 20.8. The van der Waals surface area contributed by atoms with E-state index in [4.69, 9.17) is 11.6 Å². The Morgan fingerprint density at radius 3 is 2.77 bits per heavy atom. The molecule has 3 aromatic rings. The summed E-state index contributed by atoms with van der Waals surface area (Å²) in [5.41, 5.74) is 1.97. The molecule has 1 aliphatic rings. The molecular weight excluding hydrogens is 414 g/mol. The van der Waals surface area contributed by atoms with Gasteiger partial charge in [-0.05, 0) is 61.4 Å². The molecule has 0 spiro atoms. The number of likely N-dealkylation sites (tertiary alicyclic amines) is 1. The van der Waals surface area contributed by atoms with Gasteiger partial charge in [-0.1, -0.05) is 18.2 Å². The van der Waals surface area contributed by atoms with Crippen LogP contribution in [0.2, 0.25) is 5.02 Å². The van der Waals surface area contributed by atoms with Crippen molar-refractivity contribution >= 4 is 46.0 Å². The molecule has 158 valence electrons. The Morgan fingerprint density at radius 1 is 1.19 bits per heavy atom. The lowest BCUT2D eigenvalue weighted by Crippen LogP contribution is -2.45. The number of hydrogen-bond acceptors (Lipinski definition) is 5. The quantitative estimate of drug-likeness (QED) is 0.588. The van der Waals surface area contributed by atoms with Crippen molar-refractivity contribution in [2.24, 2.45) is 0 Å². The number of carbonyl (C=O) groups is 2. The zero-order chi connectivity index (χ0) is 21.8. The third-order valence-electron chi connectivity index (χ3n) is 5.17. The summed E-state index contributed by atoms with van der Waals surface area (Å²) in [6, 6.07) is 12.4. The van der Waals surface area contributed by atoms with Crippen LogP contribution in [0, 0.1) is 0 Å². The Hall–Kier alpha value is -3.45. The number of halogens is 1. The number of nitrogens with one attached hydrogen (secondary N) is 2. The van der Waals surface area contributed by atoms with Crippen LogP contribution in [-0.2, 0) is 4.79 Å². The summed E-state index contributed by atoms with van der Waals surface area (Å²) in [5.74, 6) is 0.192. The Morgan fingerprint density at radius 2 is 2.00 bits per heavy atom. The van der Waals surface area contributed by atoms with Crippen LogP contribution in [0.4, 0.5) is 11.6 Å². The maximum Gasteiger partial charge on any atom is 0.253 e. The van der Waals surface area contributed by atoms with Gasteiger partial charge in [-0.25, -0.2) is 9.97 Å². The maximum absolute atomic E-state index is 12.9. The van der Waals surface area contributed by atoms with Crippen molar-refractivity contribution in [2.45, 2.75) is 18.9 Å². The van der Waals surface area contributed by atoms with E-state index >= 15 is 0 Å². The van der Waals surface area contributed by atoms with E-state index in [9.17, 15) is 9.59 Å². The number of fused-ring (bicyclic) bond motifs is 1. The van der Waals surface area contributed by atoms with Gasteiger partial charge in [0.05, 0.1) is 5.52 Å². The average molecular weight is 436 g/mol. The van der Waals surface area contributed by atoms with Crippen molar-refractivity contribution in [2.75, 3.05) is 23.7 Å². The Labute approximate surface area is 185 Å². The molecule has 7 nitrogen and oxygen atoms in total. The fraction of sp³-hybridized carbons (Fsp3) is 0.217. The molecule has 31 heavy (non-hydrogen) atoms. The van der Waals surface area contributed by atoms with Crippen LogP contribution in [-0.4, -0.2) is 45.8 Å². The first-order valence-corrected chi connectivity index (χ1v) is 10.4. The van der Waals surface area contributed by atoms with Crippen molar-refractivity contribution in [3.05, 3.63) is 71.9 Å². The maximum atomic E-state index is 12.9.